The second-order valence-corrected chi connectivity index (χ2v) is 5.54. The van der Waals surface area contributed by atoms with Gasteiger partial charge in [0.15, 0.2) is 0 Å². The van der Waals surface area contributed by atoms with Crippen LogP contribution in [0.1, 0.15) is 27.1 Å². The number of fused-ring (bicyclic) bond motifs is 1. The topological polar surface area (TPSA) is 75.6 Å². The van der Waals surface area contributed by atoms with Crippen molar-refractivity contribution in [1.82, 2.24) is 5.32 Å². The van der Waals surface area contributed by atoms with Crippen molar-refractivity contribution in [1.29, 1.82) is 0 Å². The van der Waals surface area contributed by atoms with Gasteiger partial charge in [-0.2, -0.15) is 0 Å². The van der Waals surface area contributed by atoms with Crippen molar-refractivity contribution in [3.8, 4) is 0 Å². The lowest BCUT2D eigenvalue weighted by atomic mass is 9.99. The van der Waals surface area contributed by atoms with Crippen molar-refractivity contribution in [2.24, 2.45) is 5.92 Å². The van der Waals surface area contributed by atoms with E-state index in [-0.39, 0.29) is 17.5 Å². The molecule has 0 spiro atoms. The number of aromatic carboxylic acids is 1. The molecule has 2 aromatic rings. The molecule has 2 aromatic carbocycles. The van der Waals surface area contributed by atoms with Gasteiger partial charge in [0, 0.05) is 24.6 Å². The highest BCUT2D eigenvalue weighted by molar-refractivity contribution is 6.12. The van der Waals surface area contributed by atoms with E-state index in [1.165, 1.54) is 0 Å². The Bertz CT molecular complexity index is 741. The van der Waals surface area contributed by atoms with Gasteiger partial charge in [-0.15, -0.1) is 0 Å². The summed E-state index contributed by atoms with van der Waals surface area (Å²) in [5.41, 5.74) is 0.708. The molecule has 0 radical (unpaired) electrons. The summed E-state index contributed by atoms with van der Waals surface area (Å²) in [6, 6.07) is 10.3. The van der Waals surface area contributed by atoms with E-state index >= 15 is 0 Å². The Morgan fingerprint density at radius 2 is 1.82 bits per heavy atom. The smallest absolute Gasteiger partial charge is 0.336 e. The van der Waals surface area contributed by atoms with E-state index in [4.69, 9.17) is 4.74 Å². The number of hydrogen-bond acceptors (Lipinski definition) is 3. The number of rotatable bonds is 5. The molecule has 5 heteroatoms. The molecule has 0 bridgehead atoms. The number of methoxy groups -OCH3 is 1. The van der Waals surface area contributed by atoms with Crippen LogP contribution in [0.2, 0.25) is 0 Å². The molecule has 1 saturated carbocycles. The van der Waals surface area contributed by atoms with E-state index in [2.05, 4.69) is 5.32 Å². The molecule has 1 aliphatic carbocycles. The molecule has 0 aromatic heterocycles. The van der Waals surface area contributed by atoms with Crippen molar-refractivity contribution < 1.29 is 19.4 Å². The molecule has 0 saturated heterocycles. The molecular weight excluding hydrogens is 282 g/mol. The van der Waals surface area contributed by atoms with Crippen LogP contribution in [0.4, 0.5) is 0 Å². The lowest BCUT2D eigenvalue weighted by Crippen LogP contribution is -2.27. The normalized spacial score (nSPS) is 19.9. The van der Waals surface area contributed by atoms with Crippen molar-refractivity contribution in [3.05, 3.63) is 47.5 Å². The summed E-state index contributed by atoms with van der Waals surface area (Å²) in [4.78, 5) is 23.7. The van der Waals surface area contributed by atoms with E-state index in [1.807, 2.05) is 0 Å². The van der Waals surface area contributed by atoms with Gasteiger partial charge in [-0.1, -0.05) is 24.3 Å². The monoisotopic (exact) mass is 299 g/mol. The van der Waals surface area contributed by atoms with Crippen LogP contribution in [0.25, 0.3) is 10.8 Å². The SMILES string of the molecule is COC[C@H]1C[C@@H]1NC(=O)c1cccc2c(C(=O)O)cccc12. The van der Waals surface area contributed by atoms with E-state index in [0.29, 0.717) is 28.9 Å². The number of carboxylic acids is 1. The number of ether oxygens (including phenoxy) is 1. The van der Waals surface area contributed by atoms with Gasteiger partial charge >= 0.3 is 5.97 Å². The standard InChI is InChI=1S/C17H17NO4/c1-22-9-10-8-15(10)18-16(19)13-6-2-5-12-11(13)4-3-7-14(12)17(20)21/h2-7,10,15H,8-9H2,1H3,(H,18,19)(H,20,21)/t10-,15+/m1/s1. The van der Waals surface area contributed by atoms with Crippen molar-refractivity contribution in [2.75, 3.05) is 13.7 Å². The number of carbonyl (C=O) groups excluding carboxylic acids is 1. The third-order valence-electron chi connectivity index (χ3n) is 4.02. The van der Waals surface area contributed by atoms with Gasteiger partial charge in [0.2, 0.25) is 0 Å². The largest absolute Gasteiger partial charge is 0.478 e. The van der Waals surface area contributed by atoms with Gasteiger partial charge in [0.1, 0.15) is 0 Å². The quantitative estimate of drug-likeness (QED) is 0.888. The van der Waals surface area contributed by atoms with Crippen LogP contribution < -0.4 is 5.32 Å². The van der Waals surface area contributed by atoms with Gasteiger partial charge in [-0.3, -0.25) is 4.79 Å². The Kier molecular flexibility index (Phi) is 3.81. The summed E-state index contributed by atoms with van der Waals surface area (Å²) in [5.74, 6) is -0.791. The Hall–Kier alpha value is -2.40. The zero-order chi connectivity index (χ0) is 15.7. The van der Waals surface area contributed by atoms with Crippen LogP contribution >= 0.6 is 0 Å². The van der Waals surface area contributed by atoms with E-state index in [1.54, 1.807) is 43.5 Å². The number of benzene rings is 2. The molecule has 114 valence electrons. The average Bonchev–Trinajstić information content (AvgIpc) is 3.23. The first-order valence-corrected chi connectivity index (χ1v) is 7.16. The highest BCUT2D eigenvalue weighted by atomic mass is 16.5. The summed E-state index contributed by atoms with van der Waals surface area (Å²) in [5, 5.41) is 13.5. The fourth-order valence-corrected chi connectivity index (χ4v) is 2.76. The predicted octanol–water partition coefficient (Wildman–Crippen LogP) is 2.30. The zero-order valence-electron chi connectivity index (χ0n) is 12.2. The van der Waals surface area contributed by atoms with E-state index < -0.39 is 5.97 Å². The minimum atomic E-state index is -0.995. The fourth-order valence-electron chi connectivity index (χ4n) is 2.76. The molecule has 1 fully saturated rings. The number of amides is 1. The number of carboxylic acid groups (broad SMARTS) is 1. The number of carbonyl (C=O) groups is 2. The molecule has 2 atom stereocenters. The van der Waals surface area contributed by atoms with Gasteiger partial charge < -0.3 is 15.2 Å². The van der Waals surface area contributed by atoms with Crippen LogP contribution in [0, 0.1) is 5.92 Å². The first-order valence-electron chi connectivity index (χ1n) is 7.16. The Morgan fingerprint density at radius 3 is 2.45 bits per heavy atom. The molecule has 1 aliphatic rings. The predicted molar refractivity (Wildman–Crippen MR) is 82.1 cm³/mol. The van der Waals surface area contributed by atoms with Crippen molar-refractivity contribution >= 4 is 22.6 Å². The highest BCUT2D eigenvalue weighted by Gasteiger charge is 2.38. The maximum Gasteiger partial charge on any atom is 0.336 e. The third kappa shape index (κ3) is 2.67. The molecule has 2 N–H and O–H groups in total. The van der Waals surface area contributed by atoms with E-state index in [9.17, 15) is 14.7 Å². The van der Waals surface area contributed by atoms with E-state index in [0.717, 1.165) is 6.42 Å². The molecule has 0 unspecified atom stereocenters. The van der Waals surface area contributed by atoms with Gasteiger partial charge in [0.25, 0.3) is 5.91 Å². The van der Waals surface area contributed by atoms with Crippen LogP contribution in [-0.4, -0.2) is 36.7 Å². The summed E-state index contributed by atoms with van der Waals surface area (Å²) >= 11 is 0. The summed E-state index contributed by atoms with van der Waals surface area (Å²) in [7, 11) is 1.65. The molecule has 0 aliphatic heterocycles. The molecular formula is C17H17NO4. The van der Waals surface area contributed by atoms with Crippen LogP contribution in [0.3, 0.4) is 0 Å². The van der Waals surface area contributed by atoms with Crippen LogP contribution in [0.5, 0.6) is 0 Å². The molecule has 0 heterocycles. The second-order valence-electron chi connectivity index (χ2n) is 5.54. The number of nitrogens with one attached hydrogen (secondary N) is 1. The molecule has 5 nitrogen and oxygen atoms in total. The second kappa shape index (κ2) is 5.77. The minimum absolute atomic E-state index is 0.144. The Labute approximate surface area is 127 Å². The summed E-state index contributed by atoms with van der Waals surface area (Å²) in [6.07, 6.45) is 0.921. The van der Waals surface area contributed by atoms with Crippen LogP contribution in [0.15, 0.2) is 36.4 Å². The lowest BCUT2D eigenvalue weighted by molar-refractivity contribution is 0.0698. The average molecular weight is 299 g/mol. The molecule has 3 rings (SSSR count). The fraction of sp³-hybridized carbons (Fsp3) is 0.294. The maximum atomic E-state index is 12.4. The van der Waals surface area contributed by atoms with Gasteiger partial charge in [0.05, 0.1) is 12.2 Å². The lowest BCUT2D eigenvalue weighted by Gasteiger charge is -2.09. The van der Waals surface area contributed by atoms with Crippen molar-refractivity contribution in [2.45, 2.75) is 12.5 Å². The van der Waals surface area contributed by atoms with Gasteiger partial charge in [-0.25, -0.2) is 4.79 Å². The Morgan fingerprint density at radius 1 is 1.18 bits per heavy atom. The first-order chi connectivity index (χ1) is 10.6. The van der Waals surface area contributed by atoms with Crippen molar-refractivity contribution in [3.63, 3.8) is 0 Å². The minimum Gasteiger partial charge on any atom is -0.478 e. The maximum absolute atomic E-state index is 12.4. The third-order valence-corrected chi connectivity index (χ3v) is 4.02. The Balaban J connectivity index is 1.89. The summed E-state index contributed by atoms with van der Waals surface area (Å²) in [6.45, 7) is 0.643. The highest BCUT2D eigenvalue weighted by Crippen LogP contribution is 2.31. The van der Waals surface area contributed by atoms with Gasteiger partial charge in [-0.05, 0) is 29.3 Å². The van der Waals surface area contributed by atoms with Crippen LogP contribution in [-0.2, 0) is 4.74 Å². The first kappa shape index (κ1) is 14.5. The summed E-state index contributed by atoms with van der Waals surface area (Å²) < 4.78 is 5.08. The molecule has 1 amide bonds. The molecule has 22 heavy (non-hydrogen) atoms. The number of hydrogen-bond donors (Lipinski definition) is 2. The zero-order valence-corrected chi connectivity index (χ0v) is 12.2.